The van der Waals surface area contributed by atoms with Crippen LogP contribution in [-0.4, -0.2) is 48.8 Å². The van der Waals surface area contributed by atoms with Gasteiger partial charge in [-0.3, -0.25) is 9.69 Å². The fourth-order valence-electron chi connectivity index (χ4n) is 4.63. The number of carbonyl (C=O) groups is 2. The second-order valence-corrected chi connectivity index (χ2v) is 9.14. The Labute approximate surface area is 192 Å². The third-order valence-electron chi connectivity index (χ3n) is 6.08. The van der Waals surface area contributed by atoms with Crippen LogP contribution in [0.15, 0.2) is 30.9 Å². The molecule has 2 atom stereocenters. The zero-order chi connectivity index (χ0) is 23.3. The summed E-state index contributed by atoms with van der Waals surface area (Å²) in [6, 6.07) is 5.95. The summed E-state index contributed by atoms with van der Waals surface area (Å²) in [5.41, 5.74) is 6.21. The van der Waals surface area contributed by atoms with Gasteiger partial charge in [0.1, 0.15) is 0 Å². The van der Waals surface area contributed by atoms with Gasteiger partial charge in [0.25, 0.3) is 0 Å². The lowest BCUT2D eigenvalue weighted by Crippen LogP contribution is -2.52. The summed E-state index contributed by atoms with van der Waals surface area (Å²) >= 11 is 0. The number of nitrogens with zero attached hydrogens (tertiary/aromatic N) is 3. The average Bonchev–Trinajstić information content (AvgIpc) is 3.00. The average molecular weight is 443 g/mol. The van der Waals surface area contributed by atoms with Crippen LogP contribution in [0.2, 0.25) is 0 Å². The van der Waals surface area contributed by atoms with Gasteiger partial charge in [0.05, 0.1) is 23.5 Å². The zero-order valence-electron chi connectivity index (χ0n) is 20.0. The van der Waals surface area contributed by atoms with Crippen LogP contribution in [0.3, 0.4) is 0 Å². The maximum absolute atomic E-state index is 12.9. The van der Waals surface area contributed by atoms with Crippen LogP contribution < -0.4 is 15.2 Å². The third kappa shape index (κ3) is 5.70. The largest absolute Gasteiger partial charge is 0.446 e. The molecule has 0 saturated carbocycles. The van der Waals surface area contributed by atoms with Crippen molar-refractivity contribution in [2.24, 2.45) is 0 Å². The molecule has 2 heterocycles. The molecule has 2 aliphatic heterocycles. The standard InChI is InChI=1S/C25H38N4O3/c1-6-11-22(26-27-14-9-7-8-10-15-27)21-12-13-23-24(16-21)28(25(31)32-18(2)3)17-19(4)29(23)20(5)30/h6,12-13,16,18-19,22,26H,1,7-11,14-15,17H2,2-5H3. The minimum atomic E-state index is -0.380. The Kier molecular flexibility index (Phi) is 8.32. The Morgan fingerprint density at radius 3 is 2.47 bits per heavy atom. The summed E-state index contributed by atoms with van der Waals surface area (Å²) in [6.07, 6.45) is 7.02. The molecule has 1 aromatic rings. The summed E-state index contributed by atoms with van der Waals surface area (Å²) in [4.78, 5) is 28.8. The zero-order valence-corrected chi connectivity index (χ0v) is 20.0. The number of carbonyl (C=O) groups excluding carboxylic acids is 2. The number of rotatable bonds is 6. The molecular weight excluding hydrogens is 404 g/mol. The molecule has 0 radical (unpaired) electrons. The van der Waals surface area contributed by atoms with Gasteiger partial charge in [0.15, 0.2) is 0 Å². The van der Waals surface area contributed by atoms with Gasteiger partial charge in [0, 0.05) is 32.6 Å². The number of anilines is 2. The molecule has 1 fully saturated rings. The highest BCUT2D eigenvalue weighted by molar-refractivity contribution is 6.02. The molecule has 7 heteroatoms. The van der Waals surface area contributed by atoms with Crippen molar-refractivity contribution in [2.75, 3.05) is 29.4 Å². The topological polar surface area (TPSA) is 65.1 Å². The molecule has 0 aromatic heterocycles. The van der Waals surface area contributed by atoms with Crippen LogP contribution in [0.25, 0.3) is 0 Å². The molecule has 0 spiro atoms. The van der Waals surface area contributed by atoms with Crippen LogP contribution in [0, 0.1) is 0 Å². The van der Waals surface area contributed by atoms with Crippen molar-refractivity contribution in [3.8, 4) is 0 Å². The lowest BCUT2D eigenvalue weighted by atomic mass is 9.99. The number of nitrogens with one attached hydrogen (secondary N) is 1. The minimum Gasteiger partial charge on any atom is -0.446 e. The van der Waals surface area contributed by atoms with Crippen LogP contribution in [-0.2, 0) is 9.53 Å². The van der Waals surface area contributed by atoms with Crippen molar-refractivity contribution < 1.29 is 14.3 Å². The molecule has 1 saturated heterocycles. The van der Waals surface area contributed by atoms with E-state index < -0.39 is 0 Å². The highest BCUT2D eigenvalue weighted by atomic mass is 16.6. The van der Waals surface area contributed by atoms with E-state index in [4.69, 9.17) is 4.74 Å². The van der Waals surface area contributed by atoms with Crippen LogP contribution in [0.4, 0.5) is 16.2 Å². The van der Waals surface area contributed by atoms with E-state index in [-0.39, 0.29) is 30.2 Å². The van der Waals surface area contributed by atoms with E-state index >= 15 is 0 Å². The first-order chi connectivity index (χ1) is 15.3. The monoisotopic (exact) mass is 442 g/mol. The van der Waals surface area contributed by atoms with Gasteiger partial charge in [-0.15, -0.1) is 6.58 Å². The molecule has 3 rings (SSSR count). The highest BCUT2D eigenvalue weighted by Gasteiger charge is 2.35. The van der Waals surface area contributed by atoms with Gasteiger partial charge in [0.2, 0.25) is 5.91 Å². The second-order valence-electron chi connectivity index (χ2n) is 9.14. The van der Waals surface area contributed by atoms with Crippen LogP contribution in [0.1, 0.15) is 71.4 Å². The molecular formula is C25H38N4O3. The first-order valence-corrected chi connectivity index (χ1v) is 11.9. The van der Waals surface area contributed by atoms with Gasteiger partial charge in [-0.1, -0.05) is 25.0 Å². The van der Waals surface area contributed by atoms with E-state index in [1.807, 2.05) is 39.0 Å². The Bertz CT molecular complexity index is 817. The van der Waals surface area contributed by atoms with Crippen molar-refractivity contribution in [1.29, 1.82) is 0 Å². The van der Waals surface area contributed by atoms with E-state index in [1.165, 1.54) is 25.7 Å². The number of hydrazine groups is 1. The van der Waals surface area contributed by atoms with Crippen molar-refractivity contribution in [2.45, 2.75) is 78.0 Å². The normalized spacial score (nSPS) is 20.5. The van der Waals surface area contributed by atoms with Crippen LogP contribution in [0.5, 0.6) is 0 Å². The Hall–Kier alpha value is -2.38. The molecule has 2 amide bonds. The Morgan fingerprint density at radius 2 is 1.88 bits per heavy atom. The van der Waals surface area contributed by atoms with Gasteiger partial charge >= 0.3 is 6.09 Å². The number of hydrogen-bond donors (Lipinski definition) is 1. The van der Waals surface area contributed by atoms with Crippen molar-refractivity contribution in [1.82, 2.24) is 10.4 Å². The number of ether oxygens (including phenoxy) is 1. The van der Waals surface area contributed by atoms with E-state index in [9.17, 15) is 9.59 Å². The SMILES string of the molecule is C=CCC(NN1CCCCCC1)c1ccc2c(c1)N(C(=O)OC(C)C)CC(C)N2C(C)=O. The molecule has 32 heavy (non-hydrogen) atoms. The third-order valence-corrected chi connectivity index (χ3v) is 6.08. The van der Waals surface area contributed by atoms with Crippen molar-refractivity contribution in [3.05, 3.63) is 36.4 Å². The molecule has 1 aromatic carbocycles. The Morgan fingerprint density at radius 1 is 1.19 bits per heavy atom. The summed E-state index contributed by atoms with van der Waals surface area (Å²) in [5.74, 6) is -0.0336. The molecule has 0 aliphatic carbocycles. The van der Waals surface area contributed by atoms with E-state index in [2.05, 4.69) is 23.1 Å². The highest BCUT2D eigenvalue weighted by Crippen LogP contribution is 2.38. The quantitative estimate of drug-likeness (QED) is 0.642. The van der Waals surface area contributed by atoms with Crippen molar-refractivity contribution >= 4 is 23.4 Å². The molecule has 2 unspecified atom stereocenters. The van der Waals surface area contributed by atoms with E-state index in [1.54, 1.807) is 16.7 Å². The molecule has 0 bridgehead atoms. The van der Waals surface area contributed by atoms with Crippen LogP contribution >= 0.6 is 0 Å². The fourth-order valence-corrected chi connectivity index (χ4v) is 4.63. The summed E-state index contributed by atoms with van der Waals surface area (Å²) in [6.45, 7) is 13.6. The lowest BCUT2D eigenvalue weighted by Gasteiger charge is -2.41. The number of amides is 2. The molecule has 1 N–H and O–H groups in total. The summed E-state index contributed by atoms with van der Waals surface area (Å²) in [7, 11) is 0. The van der Waals surface area contributed by atoms with E-state index in [0.717, 1.165) is 30.8 Å². The predicted octanol–water partition coefficient (Wildman–Crippen LogP) is 4.79. The maximum Gasteiger partial charge on any atom is 0.414 e. The molecule has 7 nitrogen and oxygen atoms in total. The fraction of sp³-hybridized carbons (Fsp3) is 0.600. The first-order valence-electron chi connectivity index (χ1n) is 11.9. The first kappa shape index (κ1) is 24.3. The van der Waals surface area contributed by atoms with Gasteiger partial charge in [-0.25, -0.2) is 15.2 Å². The summed E-state index contributed by atoms with van der Waals surface area (Å²) < 4.78 is 5.52. The molecule has 176 valence electrons. The van der Waals surface area contributed by atoms with Gasteiger partial charge in [-0.2, -0.15) is 0 Å². The Balaban J connectivity index is 1.96. The maximum atomic E-state index is 12.9. The second kappa shape index (κ2) is 11.0. The number of benzene rings is 1. The summed E-state index contributed by atoms with van der Waals surface area (Å²) in [5, 5.41) is 2.31. The lowest BCUT2D eigenvalue weighted by molar-refractivity contribution is -0.117. The number of hydrogen-bond acceptors (Lipinski definition) is 5. The smallest absolute Gasteiger partial charge is 0.414 e. The van der Waals surface area contributed by atoms with Crippen molar-refractivity contribution in [3.63, 3.8) is 0 Å². The molecule has 2 aliphatic rings. The van der Waals surface area contributed by atoms with E-state index in [0.29, 0.717) is 12.2 Å². The minimum absolute atomic E-state index is 0.0336. The number of fused-ring (bicyclic) bond motifs is 1. The van der Waals surface area contributed by atoms with Gasteiger partial charge in [-0.05, 0) is 57.7 Å². The predicted molar refractivity (Wildman–Crippen MR) is 129 cm³/mol. The van der Waals surface area contributed by atoms with Gasteiger partial charge < -0.3 is 9.64 Å².